The fourth-order valence-electron chi connectivity index (χ4n) is 1.82. The van der Waals surface area contributed by atoms with E-state index in [4.69, 9.17) is 11.5 Å². The third-order valence-electron chi connectivity index (χ3n) is 2.85. The summed E-state index contributed by atoms with van der Waals surface area (Å²) in [6.07, 6.45) is 6.73. The predicted octanol–water partition coefficient (Wildman–Crippen LogP) is 8.71. The zero-order valence-corrected chi connectivity index (χ0v) is 24.6. The quantitative estimate of drug-likeness (QED) is 0.295. The fraction of sp³-hybridized carbons (Fsp3) is 0.538. The predicted molar refractivity (Wildman–Crippen MR) is 142 cm³/mol. The largest absolute Gasteiger partial charge is 2.00 e. The number of allylic oxidation sites excluding steroid dienone is 5. The van der Waals surface area contributed by atoms with Crippen molar-refractivity contribution in [3.8, 4) is 0 Å². The fourth-order valence-corrected chi connectivity index (χ4v) is 1.82. The Bertz CT molecular complexity index is 582. The molecule has 0 unspecified atom stereocenters. The topological polar surface area (TPSA) is 47.6 Å². The van der Waals surface area contributed by atoms with Crippen LogP contribution in [0.1, 0.15) is 73.4 Å². The zero-order valence-electron chi connectivity index (χ0n) is 21.7. The molecule has 0 amide bonds. The van der Waals surface area contributed by atoms with E-state index in [9.17, 15) is 0 Å². The molecule has 0 aliphatic heterocycles. The van der Waals surface area contributed by atoms with Crippen molar-refractivity contribution in [1.29, 1.82) is 0 Å². The van der Waals surface area contributed by atoms with Crippen molar-refractivity contribution < 1.29 is 21.7 Å². The molecule has 0 heterocycles. The molecule has 2 nitrogen and oxygen atoms in total. The standard InChI is InChI=1S/C11H12.C5H8.2C4H10N.C2H8Si.Ti/c1-8-7-10-5-3-4-6-11(10)9(8)2;1-3-5-4-2;2*1-4(2,3)5;1-3-2;/h3-6H,7H2,1-2H3;3-5H,1H2,2H3;2*5H,1-3H3;3H2,1-2H3;/q;;2*-1;;+2. The molecule has 1 aromatic rings. The first-order valence-electron chi connectivity index (χ1n) is 10.6. The molecule has 4 heteroatoms. The summed E-state index contributed by atoms with van der Waals surface area (Å²) in [5.74, 6) is 0. The molecule has 0 atom stereocenters. The molecule has 2 rings (SSSR count). The smallest absolute Gasteiger partial charge is 0.673 e. The summed E-state index contributed by atoms with van der Waals surface area (Å²) in [6.45, 7) is 25.5. The summed E-state index contributed by atoms with van der Waals surface area (Å²) in [5, 5.41) is 0. The van der Waals surface area contributed by atoms with Gasteiger partial charge in [0, 0.05) is 9.52 Å². The van der Waals surface area contributed by atoms with Gasteiger partial charge in [-0.25, -0.2) is 0 Å². The molecule has 0 saturated heterocycles. The Morgan fingerprint density at radius 3 is 1.57 bits per heavy atom. The third-order valence-corrected chi connectivity index (χ3v) is 2.85. The number of benzene rings is 1. The Labute approximate surface area is 206 Å². The number of hydrogen-bond donors (Lipinski definition) is 0. The molecule has 1 aliphatic carbocycles. The van der Waals surface area contributed by atoms with Crippen molar-refractivity contribution >= 4 is 15.1 Å². The van der Waals surface area contributed by atoms with Crippen LogP contribution in [-0.2, 0) is 28.1 Å². The van der Waals surface area contributed by atoms with Gasteiger partial charge in [-0.3, -0.25) is 0 Å². The van der Waals surface area contributed by atoms with Crippen LogP contribution in [0.15, 0.2) is 54.6 Å². The second-order valence-electron chi connectivity index (χ2n) is 9.21. The minimum absolute atomic E-state index is 0. The van der Waals surface area contributed by atoms with Gasteiger partial charge in [-0.2, -0.15) is 0 Å². The van der Waals surface area contributed by atoms with E-state index in [0.29, 0.717) is 9.52 Å². The van der Waals surface area contributed by atoms with Crippen molar-refractivity contribution in [2.24, 2.45) is 0 Å². The molecular formula is C26H48N2SiTi. The van der Waals surface area contributed by atoms with E-state index in [0.717, 1.165) is 6.42 Å². The Balaban J connectivity index is -0.000000154. The van der Waals surface area contributed by atoms with Crippen LogP contribution < -0.4 is 0 Å². The van der Waals surface area contributed by atoms with E-state index in [1.54, 1.807) is 6.08 Å². The summed E-state index contributed by atoms with van der Waals surface area (Å²) >= 11 is 0. The van der Waals surface area contributed by atoms with E-state index in [2.05, 4.69) is 57.8 Å². The van der Waals surface area contributed by atoms with Crippen LogP contribution in [0, 0.1) is 0 Å². The SMILES string of the molecule is C=CC=CC.CC(C)(C)[NH-].CC(C)(C)[NH-].CC1=C(C)c2ccccc2C1.C[SiH2]C.[Ti+2]. The van der Waals surface area contributed by atoms with Gasteiger partial charge in [0.2, 0.25) is 0 Å². The third kappa shape index (κ3) is 32.0. The zero-order chi connectivity index (χ0) is 23.7. The summed E-state index contributed by atoms with van der Waals surface area (Å²) in [5.41, 5.74) is 19.3. The van der Waals surface area contributed by atoms with Gasteiger partial charge in [0.25, 0.3) is 0 Å². The minimum Gasteiger partial charge on any atom is -0.673 e. The number of hydrogen-bond acceptors (Lipinski definition) is 0. The van der Waals surface area contributed by atoms with Crippen molar-refractivity contribution in [3.63, 3.8) is 0 Å². The maximum absolute atomic E-state index is 6.94. The average molecular weight is 465 g/mol. The van der Waals surface area contributed by atoms with Gasteiger partial charge >= 0.3 is 21.7 Å². The Kier molecular flexibility index (Phi) is 24.7. The number of rotatable bonds is 1. The van der Waals surface area contributed by atoms with E-state index in [-0.39, 0.29) is 32.8 Å². The van der Waals surface area contributed by atoms with Crippen molar-refractivity contribution in [1.82, 2.24) is 0 Å². The number of fused-ring (bicyclic) bond motifs is 1. The van der Waals surface area contributed by atoms with E-state index < -0.39 is 0 Å². The summed E-state index contributed by atoms with van der Waals surface area (Å²) in [4.78, 5) is 0. The molecule has 0 radical (unpaired) electrons. The van der Waals surface area contributed by atoms with Crippen molar-refractivity contribution in [2.45, 2.75) is 92.9 Å². The van der Waals surface area contributed by atoms with Crippen LogP contribution in [0.5, 0.6) is 0 Å². The van der Waals surface area contributed by atoms with Crippen molar-refractivity contribution in [3.05, 3.63) is 77.2 Å². The first kappa shape index (κ1) is 36.7. The molecule has 30 heavy (non-hydrogen) atoms. The van der Waals surface area contributed by atoms with Gasteiger partial charge in [-0.05, 0) is 43.9 Å². The van der Waals surface area contributed by atoms with Gasteiger partial charge in [-0.15, -0.1) is 11.1 Å². The second kappa shape index (κ2) is 20.2. The Morgan fingerprint density at radius 2 is 1.30 bits per heavy atom. The van der Waals surface area contributed by atoms with Crippen LogP contribution in [-0.4, -0.2) is 20.6 Å². The van der Waals surface area contributed by atoms with Gasteiger partial charge in [-0.1, -0.05) is 109 Å². The van der Waals surface area contributed by atoms with Crippen LogP contribution in [0.25, 0.3) is 17.0 Å². The van der Waals surface area contributed by atoms with E-state index in [1.807, 2.05) is 60.6 Å². The van der Waals surface area contributed by atoms with E-state index >= 15 is 0 Å². The van der Waals surface area contributed by atoms with Gasteiger partial charge in [0.15, 0.2) is 0 Å². The van der Waals surface area contributed by atoms with Crippen LogP contribution in [0.4, 0.5) is 0 Å². The number of nitrogens with one attached hydrogen (secondary N) is 2. The first-order valence-corrected chi connectivity index (χ1v) is 13.4. The first-order chi connectivity index (χ1) is 13.1. The van der Waals surface area contributed by atoms with E-state index in [1.165, 1.54) is 22.3 Å². The van der Waals surface area contributed by atoms with Crippen molar-refractivity contribution in [2.75, 3.05) is 0 Å². The Morgan fingerprint density at radius 1 is 0.933 bits per heavy atom. The molecule has 0 aromatic heterocycles. The maximum Gasteiger partial charge on any atom is 2.00 e. The summed E-state index contributed by atoms with van der Waals surface area (Å²) < 4.78 is 0. The normalized spacial score (nSPS) is 11.8. The minimum atomic E-state index is -0.250. The van der Waals surface area contributed by atoms with Crippen LogP contribution in [0.3, 0.4) is 0 Å². The Hall–Kier alpha value is -0.709. The molecule has 0 fully saturated rings. The molecule has 0 bridgehead atoms. The van der Waals surface area contributed by atoms with Gasteiger partial charge in [0.05, 0.1) is 0 Å². The molecular weight excluding hydrogens is 416 g/mol. The monoisotopic (exact) mass is 464 g/mol. The van der Waals surface area contributed by atoms with Crippen LogP contribution in [0.2, 0.25) is 13.1 Å². The molecule has 2 N–H and O–H groups in total. The van der Waals surface area contributed by atoms with Crippen LogP contribution >= 0.6 is 0 Å². The molecule has 0 saturated carbocycles. The average Bonchev–Trinajstić information content (AvgIpc) is 2.82. The van der Waals surface area contributed by atoms with Gasteiger partial charge in [0.1, 0.15) is 0 Å². The summed E-state index contributed by atoms with van der Waals surface area (Å²) in [7, 11) is 0.417. The molecule has 1 aliphatic rings. The summed E-state index contributed by atoms with van der Waals surface area (Å²) in [6, 6.07) is 8.65. The molecule has 170 valence electrons. The molecule has 1 aromatic carbocycles. The second-order valence-corrected chi connectivity index (χ2v) is 10.6. The maximum atomic E-state index is 6.94. The molecule has 0 spiro atoms. The van der Waals surface area contributed by atoms with Gasteiger partial charge < -0.3 is 11.5 Å².